The summed E-state index contributed by atoms with van der Waals surface area (Å²) in [7, 11) is 0. The third-order valence-electron chi connectivity index (χ3n) is 4.37. The molecular formula is C19H27BrN2O2S. The van der Waals surface area contributed by atoms with E-state index in [0.717, 1.165) is 29.5 Å². The summed E-state index contributed by atoms with van der Waals surface area (Å²) in [4.78, 5) is 12.3. The number of nitrogens with one attached hydrogen (secondary N) is 2. The van der Waals surface area contributed by atoms with Crippen molar-refractivity contribution < 1.29 is 9.53 Å². The molecule has 1 saturated carbocycles. The molecule has 1 aliphatic rings. The molecule has 25 heavy (non-hydrogen) atoms. The van der Waals surface area contributed by atoms with Crippen LogP contribution in [-0.4, -0.2) is 23.7 Å². The molecule has 1 amide bonds. The van der Waals surface area contributed by atoms with E-state index in [1.807, 2.05) is 6.07 Å². The molecule has 1 aromatic rings. The van der Waals surface area contributed by atoms with Crippen molar-refractivity contribution in [2.75, 3.05) is 6.61 Å². The zero-order chi connectivity index (χ0) is 18.1. The fourth-order valence-corrected chi connectivity index (χ4v) is 3.69. The SMILES string of the molecule is CCCCCCOc1ccc(C(=O)NC(=S)NC2CCCC2)cc1Br. The van der Waals surface area contributed by atoms with Crippen LogP contribution in [0, 0.1) is 0 Å². The lowest BCUT2D eigenvalue weighted by Crippen LogP contribution is -2.43. The van der Waals surface area contributed by atoms with Gasteiger partial charge >= 0.3 is 0 Å². The monoisotopic (exact) mass is 426 g/mol. The number of benzene rings is 1. The van der Waals surface area contributed by atoms with Gasteiger partial charge in [0.1, 0.15) is 5.75 Å². The highest BCUT2D eigenvalue weighted by Crippen LogP contribution is 2.26. The smallest absolute Gasteiger partial charge is 0.257 e. The second-order valence-electron chi connectivity index (χ2n) is 6.46. The van der Waals surface area contributed by atoms with Crippen LogP contribution in [0.3, 0.4) is 0 Å². The summed E-state index contributed by atoms with van der Waals surface area (Å²) in [5, 5.41) is 6.38. The maximum atomic E-state index is 12.3. The van der Waals surface area contributed by atoms with Crippen LogP contribution < -0.4 is 15.4 Å². The summed E-state index contributed by atoms with van der Waals surface area (Å²) in [5.41, 5.74) is 0.556. The number of unbranched alkanes of at least 4 members (excludes halogenated alkanes) is 3. The average Bonchev–Trinajstić information content (AvgIpc) is 3.08. The van der Waals surface area contributed by atoms with E-state index in [2.05, 4.69) is 33.5 Å². The van der Waals surface area contributed by atoms with Crippen molar-refractivity contribution >= 4 is 39.2 Å². The Balaban J connectivity index is 1.81. The highest BCUT2D eigenvalue weighted by atomic mass is 79.9. The number of carbonyl (C=O) groups is 1. The van der Waals surface area contributed by atoms with Gasteiger partial charge in [-0.2, -0.15) is 0 Å². The van der Waals surface area contributed by atoms with Crippen LogP contribution in [0.2, 0.25) is 0 Å². The molecule has 0 atom stereocenters. The fourth-order valence-electron chi connectivity index (χ4n) is 2.94. The van der Waals surface area contributed by atoms with Crippen molar-refractivity contribution in [2.24, 2.45) is 0 Å². The van der Waals surface area contributed by atoms with Gasteiger partial charge in [0.15, 0.2) is 5.11 Å². The van der Waals surface area contributed by atoms with E-state index < -0.39 is 0 Å². The molecule has 2 rings (SSSR count). The molecule has 6 heteroatoms. The minimum Gasteiger partial charge on any atom is -0.492 e. The van der Waals surface area contributed by atoms with Gasteiger partial charge in [0.05, 0.1) is 11.1 Å². The summed E-state index contributed by atoms with van der Waals surface area (Å²) in [6, 6.07) is 5.75. The van der Waals surface area contributed by atoms with E-state index in [1.54, 1.807) is 12.1 Å². The molecule has 138 valence electrons. The maximum Gasteiger partial charge on any atom is 0.257 e. The van der Waals surface area contributed by atoms with Gasteiger partial charge < -0.3 is 10.1 Å². The Labute approximate surface area is 164 Å². The van der Waals surface area contributed by atoms with Crippen LogP contribution in [0.25, 0.3) is 0 Å². The van der Waals surface area contributed by atoms with Crippen LogP contribution in [-0.2, 0) is 0 Å². The first-order chi connectivity index (χ1) is 12.1. The number of carbonyl (C=O) groups excluding carboxylic acids is 1. The number of ether oxygens (including phenoxy) is 1. The zero-order valence-corrected chi connectivity index (χ0v) is 17.2. The molecule has 0 aliphatic heterocycles. The fraction of sp³-hybridized carbons (Fsp3) is 0.579. The van der Waals surface area contributed by atoms with Gasteiger partial charge in [-0.05, 0) is 65.6 Å². The Morgan fingerprint density at radius 3 is 2.72 bits per heavy atom. The predicted octanol–water partition coefficient (Wildman–Crippen LogP) is 4.96. The first-order valence-corrected chi connectivity index (χ1v) is 10.3. The van der Waals surface area contributed by atoms with Gasteiger partial charge in [-0.25, -0.2) is 0 Å². The van der Waals surface area contributed by atoms with Crippen LogP contribution in [0.4, 0.5) is 0 Å². The topological polar surface area (TPSA) is 50.4 Å². The minimum absolute atomic E-state index is 0.203. The van der Waals surface area contributed by atoms with Gasteiger partial charge in [0.25, 0.3) is 5.91 Å². The molecule has 0 radical (unpaired) electrons. The Morgan fingerprint density at radius 1 is 1.28 bits per heavy atom. The van der Waals surface area contributed by atoms with Crippen molar-refractivity contribution in [3.05, 3.63) is 28.2 Å². The lowest BCUT2D eigenvalue weighted by molar-refractivity contribution is 0.0976. The van der Waals surface area contributed by atoms with Crippen LogP contribution in [0.5, 0.6) is 5.75 Å². The third kappa shape index (κ3) is 6.94. The molecule has 0 unspecified atom stereocenters. The summed E-state index contributed by atoms with van der Waals surface area (Å²) >= 11 is 8.72. The van der Waals surface area contributed by atoms with Crippen molar-refractivity contribution in [2.45, 2.75) is 64.3 Å². The van der Waals surface area contributed by atoms with Gasteiger partial charge in [0.2, 0.25) is 0 Å². The van der Waals surface area contributed by atoms with Crippen LogP contribution >= 0.6 is 28.1 Å². The number of halogens is 1. The Bertz CT molecular complexity index is 589. The van der Waals surface area contributed by atoms with Gasteiger partial charge in [-0.15, -0.1) is 0 Å². The summed E-state index contributed by atoms with van der Waals surface area (Å²) in [6.45, 7) is 2.88. The van der Waals surface area contributed by atoms with Crippen LogP contribution in [0.15, 0.2) is 22.7 Å². The molecule has 1 aromatic carbocycles. The first-order valence-electron chi connectivity index (χ1n) is 9.14. The Morgan fingerprint density at radius 2 is 2.04 bits per heavy atom. The molecular weight excluding hydrogens is 400 g/mol. The Kier molecular flexibility index (Phi) is 8.68. The maximum absolute atomic E-state index is 12.3. The first kappa shape index (κ1) is 20.2. The van der Waals surface area contributed by atoms with Crippen molar-refractivity contribution in [1.29, 1.82) is 0 Å². The third-order valence-corrected chi connectivity index (χ3v) is 5.21. The van der Waals surface area contributed by atoms with E-state index in [4.69, 9.17) is 17.0 Å². The van der Waals surface area contributed by atoms with Gasteiger partial charge in [-0.3, -0.25) is 10.1 Å². The molecule has 0 aromatic heterocycles. The standard InChI is InChI=1S/C19H27BrN2O2S/c1-2-3-4-7-12-24-17-11-10-14(13-16(17)20)18(23)22-19(25)21-15-8-5-6-9-15/h10-11,13,15H,2-9,12H2,1H3,(H2,21,22,23,25). The number of amides is 1. The highest BCUT2D eigenvalue weighted by molar-refractivity contribution is 9.10. The normalized spacial score (nSPS) is 14.3. The van der Waals surface area contributed by atoms with Crippen molar-refractivity contribution in [1.82, 2.24) is 10.6 Å². The lowest BCUT2D eigenvalue weighted by Gasteiger charge is -2.15. The predicted molar refractivity (Wildman–Crippen MR) is 109 cm³/mol. The molecule has 4 nitrogen and oxygen atoms in total. The molecule has 0 bridgehead atoms. The van der Waals surface area contributed by atoms with Gasteiger partial charge in [-0.1, -0.05) is 39.0 Å². The van der Waals surface area contributed by atoms with E-state index in [-0.39, 0.29) is 5.91 Å². The zero-order valence-electron chi connectivity index (χ0n) is 14.8. The second kappa shape index (κ2) is 10.8. The lowest BCUT2D eigenvalue weighted by atomic mass is 10.2. The quantitative estimate of drug-likeness (QED) is 0.455. The molecule has 0 saturated heterocycles. The molecule has 1 fully saturated rings. The number of thiocarbonyl (C=S) groups is 1. The van der Waals surface area contributed by atoms with E-state index in [1.165, 1.54) is 32.1 Å². The van der Waals surface area contributed by atoms with E-state index in [0.29, 0.717) is 23.3 Å². The largest absolute Gasteiger partial charge is 0.492 e. The molecule has 0 spiro atoms. The average molecular weight is 427 g/mol. The number of hydrogen-bond donors (Lipinski definition) is 2. The number of hydrogen-bond acceptors (Lipinski definition) is 3. The van der Waals surface area contributed by atoms with Crippen LogP contribution in [0.1, 0.15) is 68.6 Å². The molecule has 2 N–H and O–H groups in total. The summed E-state index contributed by atoms with van der Waals surface area (Å²) < 4.78 is 6.55. The van der Waals surface area contributed by atoms with E-state index >= 15 is 0 Å². The van der Waals surface area contributed by atoms with Gasteiger partial charge in [0, 0.05) is 11.6 Å². The summed E-state index contributed by atoms with van der Waals surface area (Å²) in [6.07, 6.45) is 9.35. The summed E-state index contributed by atoms with van der Waals surface area (Å²) in [5.74, 6) is 0.561. The highest BCUT2D eigenvalue weighted by Gasteiger charge is 2.17. The second-order valence-corrected chi connectivity index (χ2v) is 7.73. The molecule has 0 heterocycles. The number of rotatable bonds is 8. The molecule has 1 aliphatic carbocycles. The van der Waals surface area contributed by atoms with E-state index in [9.17, 15) is 4.79 Å². The van der Waals surface area contributed by atoms with Crippen molar-refractivity contribution in [3.8, 4) is 5.75 Å². The van der Waals surface area contributed by atoms with Crippen molar-refractivity contribution in [3.63, 3.8) is 0 Å². The Hall–Kier alpha value is -1.14. The minimum atomic E-state index is -0.203.